The standard InChI is InChI=1S/C12H11ClFNO/c1-15-7-11-2-3-12(16-11)8-4-9(13)6-10(14)5-8/h2-6,15H,7H2,1H3. The van der Waals surface area contributed by atoms with Crippen molar-refractivity contribution in [3.8, 4) is 11.3 Å². The normalized spacial score (nSPS) is 10.7. The maximum Gasteiger partial charge on any atom is 0.134 e. The lowest BCUT2D eigenvalue weighted by Gasteiger charge is -1.99. The van der Waals surface area contributed by atoms with Crippen LogP contribution in [0.2, 0.25) is 5.02 Å². The van der Waals surface area contributed by atoms with Gasteiger partial charge in [-0.2, -0.15) is 0 Å². The van der Waals surface area contributed by atoms with E-state index in [-0.39, 0.29) is 5.82 Å². The van der Waals surface area contributed by atoms with Crippen LogP contribution in [-0.2, 0) is 6.54 Å². The molecule has 16 heavy (non-hydrogen) atoms. The summed E-state index contributed by atoms with van der Waals surface area (Å²) >= 11 is 5.77. The highest BCUT2D eigenvalue weighted by atomic mass is 35.5. The molecule has 0 aliphatic rings. The summed E-state index contributed by atoms with van der Waals surface area (Å²) in [6, 6.07) is 7.99. The third-order valence-electron chi connectivity index (χ3n) is 2.16. The van der Waals surface area contributed by atoms with Gasteiger partial charge in [-0.05, 0) is 37.4 Å². The molecule has 2 rings (SSSR count). The number of hydrogen-bond donors (Lipinski definition) is 1. The summed E-state index contributed by atoms with van der Waals surface area (Å²) in [5.41, 5.74) is 0.646. The lowest BCUT2D eigenvalue weighted by atomic mass is 10.2. The van der Waals surface area contributed by atoms with Crippen LogP contribution in [0.25, 0.3) is 11.3 Å². The zero-order chi connectivity index (χ0) is 11.5. The number of hydrogen-bond acceptors (Lipinski definition) is 2. The molecule has 0 aliphatic heterocycles. The highest BCUT2D eigenvalue weighted by Gasteiger charge is 2.06. The highest BCUT2D eigenvalue weighted by molar-refractivity contribution is 6.30. The van der Waals surface area contributed by atoms with Crippen molar-refractivity contribution < 1.29 is 8.81 Å². The van der Waals surface area contributed by atoms with E-state index in [9.17, 15) is 4.39 Å². The van der Waals surface area contributed by atoms with E-state index >= 15 is 0 Å². The maximum atomic E-state index is 13.1. The van der Waals surface area contributed by atoms with E-state index in [0.717, 1.165) is 5.76 Å². The van der Waals surface area contributed by atoms with Crippen LogP contribution in [0.4, 0.5) is 4.39 Å². The van der Waals surface area contributed by atoms with Crippen LogP contribution in [-0.4, -0.2) is 7.05 Å². The molecule has 1 N–H and O–H groups in total. The minimum absolute atomic E-state index is 0.363. The molecule has 1 aromatic heterocycles. The average Bonchev–Trinajstić information content (AvgIpc) is 2.65. The van der Waals surface area contributed by atoms with Crippen molar-refractivity contribution in [3.05, 3.63) is 46.9 Å². The molecule has 4 heteroatoms. The largest absolute Gasteiger partial charge is 0.460 e. The second kappa shape index (κ2) is 4.68. The Morgan fingerprint density at radius 2 is 2.12 bits per heavy atom. The fraction of sp³-hybridized carbons (Fsp3) is 0.167. The van der Waals surface area contributed by atoms with Crippen LogP contribution in [0, 0.1) is 5.82 Å². The van der Waals surface area contributed by atoms with Gasteiger partial charge in [0, 0.05) is 10.6 Å². The van der Waals surface area contributed by atoms with E-state index in [4.69, 9.17) is 16.0 Å². The zero-order valence-electron chi connectivity index (χ0n) is 8.76. The SMILES string of the molecule is CNCc1ccc(-c2cc(F)cc(Cl)c2)o1. The lowest BCUT2D eigenvalue weighted by molar-refractivity contribution is 0.506. The Morgan fingerprint density at radius 1 is 1.31 bits per heavy atom. The van der Waals surface area contributed by atoms with Gasteiger partial charge in [0.05, 0.1) is 6.54 Å². The molecule has 0 spiro atoms. The predicted molar refractivity (Wildman–Crippen MR) is 61.9 cm³/mol. The summed E-state index contributed by atoms with van der Waals surface area (Å²) in [4.78, 5) is 0. The van der Waals surface area contributed by atoms with Crippen LogP contribution in [0.15, 0.2) is 34.7 Å². The molecular weight excluding hydrogens is 229 g/mol. The Balaban J connectivity index is 2.34. The van der Waals surface area contributed by atoms with Crippen LogP contribution >= 0.6 is 11.6 Å². The van der Waals surface area contributed by atoms with Crippen molar-refractivity contribution in [2.75, 3.05) is 7.05 Å². The summed E-state index contributed by atoms with van der Waals surface area (Å²) in [7, 11) is 1.83. The number of furan rings is 1. The van der Waals surface area contributed by atoms with E-state index in [1.807, 2.05) is 13.1 Å². The zero-order valence-corrected chi connectivity index (χ0v) is 9.51. The molecule has 0 saturated carbocycles. The first kappa shape index (κ1) is 11.2. The lowest BCUT2D eigenvalue weighted by Crippen LogP contribution is -2.03. The van der Waals surface area contributed by atoms with E-state index < -0.39 is 0 Å². The Morgan fingerprint density at radius 3 is 2.81 bits per heavy atom. The van der Waals surface area contributed by atoms with Gasteiger partial charge in [-0.1, -0.05) is 11.6 Å². The molecule has 0 aliphatic carbocycles. The fourth-order valence-electron chi connectivity index (χ4n) is 1.50. The Labute approximate surface area is 98.0 Å². The molecule has 1 heterocycles. The molecule has 0 saturated heterocycles. The minimum atomic E-state index is -0.367. The van der Waals surface area contributed by atoms with Gasteiger partial charge >= 0.3 is 0 Å². The average molecular weight is 240 g/mol. The quantitative estimate of drug-likeness (QED) is 0.888. The van der Waals surface area contributed by atoms with Gasteiger partial charge in [0.2, 0.25) is 0 Å². The monoisotopic (exact) mass is 239 g/mol. The first-order valence-electron chi connectivity index (χ1n) is 4.89. The van der Waals surface area contributed by atoms with Crippen molar-refractivity contribution in [1.82, 2.24) is 5.32 Å². The van der Waals surface area contributed by atoms with E-state index in [0.29, 0.717) is 22.9 Å². The molecule has 1 aromatic carbocycles. The first-order chi connectivity index (χ1) is 7.69. The number of rotatable bonds is 3. The summed E-state index contributed by atoms with van der Waals surface area (Å²) in [6.07, 6.45) is 0. The molecule has 0 radical (unpaired) electrons. The molecule has 0 unspecified atom stereocenters. The van der Waals surface area contributed by atoms with Gasteiger partial charge in [0.1, 0.15) is 17.3 Å². The summed E-state index contributed by atoms with van der Waals surface area (Å²) in [5.74, 6) is 1.05. The van der Waals surface area contributed by atoms with Gasteiger partial charge in [-0.3, -0.25) is 0 Å². The second-order valence-corrected chi connectivity index (χ2v) is 3.89. The molecular formula is C12H11ClFNO. The van der Waals surface area contributed by atoms with Gasteiger partial charge in [0.15, 0.2) is 0 Å². The fourth-order valence-corrected chi connectivity index (χ4v) is 1.72. The predicted octanol–water partition coefficient (Wildman–Crippen LogP) is 3.46. The topological polar surface area (TPSA) is 25.2 Å². The van der Waals surface area contributed by atoms with Crippen LogP contribution in [0.5, 0.6) is 0 Å². The Bertz CT molecular complexity index is 475. The van der Waals surface area contributed by atoms with Crippen LogP contribution in [0.3, 0.4) is 0 Å². The molecule has 0 atom stereocenters. The molecule has 84 valence electrons. The Kier molecular flexibility index (Phi) is 3.27. The number of nitrogens with one attached hydrogen (secondary N) is 1. The molecule has 2 nitrogen and oxygen atoms in total. The highest BCUT2D eigenvalue weighted by Crippen LogP contribution is 2.26. The molecule has 0 bridgehead atoms. The van der Waals surface area contributed by atoms with Crippen molar-refractivity contribution in [1.29, 1.82) is 0 Å². The van der Waals surface area contributed by atoms with Crippen molar-refractivity contribution >= 4 is 11.6 Å². The van der Waals surface area contributed by atoms with Crippen LogP contribution < -0.4 is 5.32 Å². The van der Waals surface area contributed by atoms with Crippen molar-refractivity contribution in [2.24, 2.45) is 0 Å². The van der Waals surface area contributed by atoms with Gasteiger partial charge in [0.25, 0.3) is 0 Å². The van der Waals surface area contributed by atoms with Crippen molar-refractivity contribution in [2.45, 2.75) is 6.54 Å². The third-order valence-corrected chi connectivity index (χ3v) is 2.38. The van der Waals surface area contributed by atoms with E-state index in [1.54, 1.807) is 12.1 Å². The number of benzene rings is 1. The Hall–Kier alpha value is -1.32. The maximum absolute atomic E-state index is 13.1. The van der Waals surface area contributed by atoms with Gasteiger partial charge in [-0.15, -0.1) is 0 Å². The summed E-state index contributed by atoms with van der Waals surface area (Å²) < 4.78 is 18.7. The van der Waals surface area contributed by atoms with Crippen LogP contribution in [0.1, 0.15) is 5.76 Å². The van der Waals surface area contributed by atoms with Gasteiger partial charge in [-0.25, -0.2) is 4.39 Å². The molecule has 2 aromatic rings. The molecule has 0 fully saturated rings. The third kappa shape index (κ3) is 2.43. The van der Waals surface area contributed by atoms with E-state index in [2.05, 4.69) is 5.32 Å². The smallest absolute Gasteiger partial charge is 0.134 e. The van der Waals surface area contributed by atoms with E-state index in [1.165, 1.54) is 12.1 Å². The molecule has 0 amide bonds. The minimum Gasteiger partial charge on any atom is -0.460 e. The first-order valence-corrected chi connectivity index (χ1v) is 5.26. The number of halogens is 2. The second-order valence-electron chi connectivity index (χ2n) is 3.45. The summed E-state index contributed by atoms with van der Waals surface area (Å²) in [5, 5.41) is 3.34. The van der Waals surface area contributed by atoms with Crippen molar-refractivity contribution in [3.63, 3.8) is 0 Å². The summed E-state index contributed by atoms with van der Waals surface area (Å²) in [6.45, 7) is 0.642. The van der Waals surface area contributed by atoms with Gasteiger partial charge < -0.3 is 9.73 Å².